The molecule has 1 aliphatic carbocycles. The van der Waals surface area contributed by atoms with Gasteiger partial charge in [0.2, 0.25) is 10.0 Å². The van der Waals surface area contributed by atoms with E-state index in [0.29, 0.717) is 11.7 Å². The molecule has 1 N–H and O–H groups in total. The van der Waals surface area contributed by atoms with Gasteiger partial charge in [0.25, 0.3) is 0 Å². The highest BCUT2D eigenvalue weighted by Crippen LogP contribution is 2.33. The van der Waals surface area contributed by atoms with Gasteiger partial charge in [-0.3, -0.25) is 9.67 Å². The monoisotopic (exact) mass is 424 g/mol. The molecule has 6 nitrogen and oxygen atoms in total. The van der Waals surface area contributed by atoms with Crippen LogP contribution in [-0.4, -0.2) is 23.2 Å². The van der Waals surface area contributed by atoms with E-state index in [9.17, 15) is 8.42 Å². The molecule has 158 valence electrons. The first-order valence-corrected chi connectivity index (χ1v) is 12.1. The Morgan fingerprint density at radius 3 is 2.53 bits per heavy atom. The van der Waals surface area contributed by atoms with Crippen molar-refractivity contribution in [2.24, 2.45) is 0 Å². The summed E-state index contributed by atoms with van der Waals surface area (Å²) in [6.45, 7) is 2.26. The van der Waals surface area contributed by atoms with Crippen LogP contribution in [0.2, 0.25) is 0 Å². The molecular formula is C23H28N4O2S. The van der Waals surface area contributed by atoms with Gasteiger partial charge in [-0.1, -0.05) is 44.4 Å². The molecule has 1 aromatic carbocycles. The SMILES string of the molecule is CCCc1ccc(S(=O)(=O)NCc2cc(-c3ccccn3)n(C3CCCC3)n2)cc1. The molecule has 7 heteroatoms. The molecule has 1 aliphatic rings. The minimum Gasteiger partial charge on any atom is -0.260 e. The molecule has 1 fully saturated rings. The standard InChI is InChI=1S/C23H28N4O2S/c1-2-7-18-11-13-21(14-12-18)30(28,29)25-17-19-16-23(22-10-5-6-15-24-22)27(26-19)20-8-3-4-9-20/h5-6,10-16,20,25H,2-4,7-9,17H2,1H3. The van der Waals surface area contributed by atoms with Crippen LogP contribution in [0.15, 0.2) is 59.6 Å². The molecule has 0 spiro atoms. The Labute approximate surface area is 178 Å². The summed E-state index contributed by atoms with van der Waals surface area (Å²) in [6, 6.07) is 15.2. The van der Waals surface area contributed by atoms with E-state index in [4.69, 9.17) is 5.10 Å². The first-order chi connectivity index (χ1) is 14.6. The van der Waals surface area contributed by atoms with Gasteiger partial charge in [-0.2, -0.15) is 5.10 Å². The van der Waals surface area contributed by atoms with Crippen LogP contribution in [0.3, 0.4) is 0 Å². The fourth-order valence-electron chi connectivity index (χ4n) is 4.04. The van der Waals surface area contributed by atoms with E-state index in [1.165, 1.54) is 12.8 Å². The van der Waals surface area contributed by atoms with Crippen LogP contribution < -0.4 is 4.72 Å². The minimum atomic E-state index is -3.59. The van der Waals surface area contributed by atoms with E-state index in [0.717, 1.165) is 42.6 Å². The lowest BCUT2D eigenvalue weighted by Crippen LogP contribution is -2.23. The molecule has 0 bridgehead atoms. The molecule has 0 saturated heterocycles. The fraction of sp³-hybridized carbons (Fsp3) is 0.391. The van der Waals surface area contributed by atoms with Crippen LogP contribution in [0.1, 0.15) is 56.3 Å². The summed E-state index contributed by atoms with van der Waals surface area (Å²) in [5.41, 5.74) is 3.65. The average Bonchev–Trinajstić information content (AvgIpc) is 3.44. The summed E-state index contributed by atoms with van der Waals surface area (Å²) in [5, 5.41) is 4.75. The molecule has 2 aromatic heterocycles. The number of sulfonamides is 1. The number of benzene rings is 1. The zero-order valence-electron chi connectivity index (χ0n) is 17.3. The molecule has 3 aromatic rings. The number of nitrogens with one attached hydrogen (secondary N) is 1. The van der Waals surface area contributed by atoms with Crippen molar-refractivity contribution < 1.29 is 8.42 Å². The van der Waals surface area contributed by atoms with E-state index in [-0.39, 0.29) is 11.4 Å². The predicted octanol–water partition coefficient (Wildman–Crippen LogP) is 4.49. The smallest absolute Gasteiger partial charge is 0.240 e. The van der Waals surface area contributed by atoms with Crippen LogP contribution in [0.4, 0.5) is 0 Å². The Morgan fingerprint density at radius 2 is 1.87 bits per heavy atom. The Balaban J connectivity index is 1.54. The summed E-state index contributed by atoms with van der Waals surface area (Å²) < 4.78 is 30.2. The van der Waals surface area contributed by atoms with Gasteiger partial charge in [-0.05, 0) is 55.2 Å². The van der Waals surface area contributed by atoms with E-state index < -0.39 is 10.0 Å². The van der Waals surface area contributed by atoms with Gasteiger partial charge in [-0.15, -0.1) is 0 Å². The highest BCUT2D eigenvalue weighted by molar-refractivity contribution is 7.89. The molecule has 1 saturated carbocycles. The number of rotatable bonds is 8. The van der Waals surface area contributed by atoms with Crippen molar-refractivity contribution in [3.8, 4) is 11.4 Å². The lowest BCUT2D eigenvalue weighted by atomic mass is 10.1. The van der Waals surface area contributed by atoms with Crippen LogP contribution in [-0.2, 0) is 23.0 Å². The highest BCUT2D eigenvalue weighted by Gasteiger charge is 2.23. The predicted molar refractivity (Wildman–Crippen MR) is 117 cm³/mol. The van der Waals surface area contributed by atoms with Gasteiger partial charge in [0, 0.05) is 6.20 Å². The summed E-state index contributed by atoms with van der Waals surface area (Å²) in [7, 11) is -3.59. The second-order valence-corrected chi connectivity index (χ2v) is 9.60. The van der Waals surface area contributed by atoms with Crippen molar-refractivity contribution >= 4 is 10.0 Å². The summed E-state index contributed by atoms with van der Waals surface area (Å²) in [6.07, 6.45) is 8.33. The zero-order valence-corrected chi connectivity index (χ0v) is 18.1. The van der Waals surface area contributed by atoms with Gasteiger partial charge >= 0.3 is 0 Å². The third kappa shape index (κ3) is 4.63. The van der Waals surface area contributed by atoms with Crippen molar-refractivity contribution in [1.82, 2.24) is 19.5 Å². The van der Waals surface area contributed by atoms with Gasteiger partial charge in [0.15, 0.2) is 0 Å². The lowest BCUT2D eigenvalue weighted by Gasteiger charge is -2.13. The van der Waals surface area contributed by atoms with Crippen LogP contribution in [0, 0.1) is 0 Å². The van der Waals surface area contributed by atoms with Gasteiger partial charge in [-0.25, -0.2) is 13.1 Å². The van der Waals surface area contributed by atoms with Crippen LogP contribution in [0.5, 0.6) is 0 Å². The maximum atomic E-state index is 12.7. The topological polar surface area (TPSA) is 76.9 Å². The second kappa shape index (κ2) is 9.10. The number of hydrogen-bond donors (Lipinski definition) is 1. The molecule has 0 unspecified atom stereocenters. The van der Waals surface area contributed by atoms with Gasteiger partial charge < -0.3 is 0 Å². The van der Waals surface area contributed by atoms with E-state index in [1.807, 2.05) is 41.1 Å². The molecule has 4 rings (SSSR count). The zero-order chi connectivity index (χ0) is 21.0. The van der Waals surface area contributed by atoms with Gasteiger partial charge in [0.05, 0.1) is 34.6 Å². The quantitative estimate of drug-likeness (QED) is 0.578. The summed E-state index contributed by atoms with van der Waals surface area (Å²) in [4.78, 5) is 4.75. The van der Waals surface area contributed by atoms with Crippen molar-refractivity contribution in [2.45, 2.75) is 62.9 Å². The Bertz CT molecular complexity index is 1070. The van der Waals surface area contributed by atoms with Crippen molar-refractivity contribution in [3.63, 3.8) is 0 Å². The molecule has 2 heterocycles. The van der Waals surface area contributed by atoms with Gasteiger partial charge in [0.1, 0.15) is 0 Å². The number of aromatic nitrogens is 3. The normalized spacial score (nSPS) is 15.0. The Kier molecular flexibility index (Phi) is 6.29. The molecular weight excluding hydrogens is 396 g/mol. The van der Waals surface area contributed by atoms with E-state index >= 15 is 0 Å². The van der Waals surface area contributed by atoms with E-state index in [2.05, 4.69) is 16.6 Å². The average molecular weight is 425 g/mol. The van der Waals surface area contributed by atoms with Crippen molar-refractivity contribution in [1.29, 1.82) is 0 Å². The fourth-order valence-corrected chi connectivity index (χ4v) is 5.04. The van der Waals surface area contributed by atoms with Crippen molar-refractivity contribution in [3.05, 3.63) is 66.0 Å². The summed E-state index contributed by atoms with van der Waals surface area (Å²) >= 11 is 0. The largest absolute Gasteiger partial charge is 0.260 e. The highest BCUT2D eigenvalue weighted by atomic mass is 32.2. The van der Waals surface area contributed by atoms with Crippen molar-refractivity contribution in [2.75, 3.05) is 0 Å². The van der Waals surface area contributed by atoms with E-state index in [1.54, 1.807) is 18.3 Å². The Hall–Kier alpha value is -2.51. The molecule has 30 heavy (non-hydrogen) atoms. The summed E-state index contributed by atoms with van der Waals surface area (Å²) in [5.74, 6) is 0. The van der Waals surface area contributed by atoms with Crippen LogP contribution in [0.25, 0.3) is 11.4 Å². The third-order valence-corrected chi connectivity index (χ3v) is 7.02. The number of aryl methyl sites for hydroxylation is 1. The molecule has 0 radical (unpaired) electrons. The molecule has 0 amide bonds. The number of pyridine rings is 1. The second-order valence-electron chi connectivity index (χ2n) is 7.84. The number of hydrogen-bond acceptors (Lipinski definition) is 4. The maximum Gasteiger partial charge on any atom is 0.240 e. The first-order valence-electron chi connectivity index (χ1n) is 10.7. The molecule has 0 atom stereocenters. The van der Waals surface area contributed by atoms with Crippen LogP contribution >= 0.6 is 0 Å². The maximum absolute atomic E-state index is 12.7. The minimum absolute atomic E-state index is 0.151. The third-order valence-electron chi connectivity index (χ3n) is 5.60. The first kappa shape index (κ1) is 20.8. The number of nitrogens with zero attached hydrogens (tertiary/aromatic N) is 3. The Morgan fingerprint density at radius 1 is 1.10 bits per heavy atom. The molecule has 0 aliphatic heterocycles. The lowest BCUT2D eigenvalue weighted by molar-refractivity contribution is 0.466.